The lowest BCUT2D eigenvalue weighted by Crippen LogP contribution is -2.16. The molecule has 21 heavy (non-hydrogen) atoms. The summed E-state index contributed by atoms with van der Waals surface area (Å²) in [6.45, 7) is 6.64. The normalized spacial score (nSPS) is 10.9. The second-order valence-electron chi connectivity index (χ2n) is 5.71. The number of halogens is 2. The van der Waals surface area contributed by atoms with E-state index in [2.05, 4.69) is 67.9 Å². The van der Waals surface area contributed by atoms with Crippen LogP contribution in [-0.4, -0.2) is 18.2 Å². The summed E-state index contributed by atoms with van der Waals surface area (Å²) in [6.07, 6.45) is 0. The SMILES string of the molecule is C[Si](C)(C)C#Cc1cc(Br)nc(Br)c1-c1ccc(O)cc1. The zero-order valence-electron chi connectivity index (χ0n) is 12.0. The summed E-state index contributed by atoms with van der Waals surface area (Å²) in [6, 6.07) is 8.99. The van der Waals surface area contributed by atoms with Crippen LogP contribution in [-0.2, 0) is 0 Å². The molecule has 0 atom stereocenters. The fourth-order valence-electron chi connectivity index (χ4n) is 1.74. The van der Waals surface area contributed by atoms with Crippen LogP contribution < -0.4 is 0 Å². The van der Waals surface area contributed by atoms with Crippen molar-refractivity contribution in [2.75, 3.05) is 0 Å². The number of aromatic hydroxyl groups is 1. The largest absolute Gasteiger partial charge is 0.508 e. The summed E-state index contributed by atoms with van der Waals surface area (Å²) < 4.78 is 1.49. The van der Waals surface area contributed by atoms with Gasteiger partial charge in [-0.2, -0.15) is 0 Å². The minimum atomic E-state index is -1.46. The third-order valence-electron chi connectivity index (χ3n) is 2.67. The van der Waals surface area contributed by atoms with Gasteiger partial charge < -0.3 is 5.11 Å². The van der Waals surface area contributed by atoms with Gasteiger partial charge in [0.2, 0.25) is 0 Å². The van der Waals surface area contributed by atoms with Crippen molar-refractivity contribution in [3.63, 3.8) is 0 Å². The fourth-order valence-corrected chi connectivity index (χ4v) is 3.53. The second-order valence-corrected chi connectivity index (χ2v) is 12.0. The molecule has 2 aromatic rings. The first-order valence-corrected chi connectivity index (χ1v) is 11.5. The average molecular weight is 425 g/mol. The maximum Gasteiger partial charge on any atom is 0.129 e. The first-order valence-electron chi connectivity index (χ1n) is 6.45. The number of pyridine rings is 1. The molecule has 1 heterocycles. The quantitative estimate of drug-likeness (QED) is 0.387. The molecule has 0 saturated carbocycles. The Labute approximate surface area is 142 Å². The molecule has 0 aliphatic heterocycles. The molecule has 0 unspecified atom stereocenters. The molecule has 0 bridgehead atoms. The van der Waals surface area contributed by atoms with Crippen LogP contribution in [0.2, 0.25) is 19.6 Å². The van der Waals surface area contributed by atoms with Crippen LogP contribution in [0.15, 0.2) is 39.5 Å². The van der Waals surface area contributed by atoms with Crippen LogP contribution in [0.4, 0.5) is 0 Å². The van der Waals surface area contributed by atoms with Gasteiger partial charge in [0.15, 0.2) is 0 Å². The minimum Gasteiger partial charge on any atom is -0.508 e. The van der Waals surface area contributed by atoms with Gasteiger partial charge in [0.1, 0.15) is 23.0 Å². The Bertz CT molecular complexity index is 725. The van der Waals surface area contributed by atoms with Crippen molar-refractivity contribution in [3.8, 4) is 28.3 Å². The smallest absolute Gasteiger partial charge is 0.129 e. The van der Waals surface area contributed by atoms with Crippen LogP contribution in [0.25, 0.3) is 11.1 Å². The summed E-state index contributed by atoms with van der Waals surface area (Å²) >= 11 is 6.93. The van der Waals surface area contributed by atoms with E-state index in [1.807, 2.05) is 18.2 Å². The van der Waals surface area contributed by atoms with Crippen molar-refractivity contribution in [1.82, 2.24) is 4.98 Å². The topological polar surface area (TPSA) is 33.1 Å². The number of phenolic OH excluding ortho intramolecular Hbond substituents is 1. The number of aromatic nitrogens is 1. The van der Waals surface area contributed by atoms with Crippen LogP contribution in [0, 0.1) is 11.5 Å². The summed E-state index contributed by atoms with van der Waals surface area (Å²) in [7, 11) is -1.46. The van der Waals surface area contributed by atoms with Gasteiger partial charge in [0.05, 0.1) is 0 Å². The summed E-state index contributed by atoms with van der Waals surface area (Å²) in [5.74, 6) is 3.54. The zero-order valence-corrected chi connectivity index (χ0v) is 16.2. The van der Waals surface area contributed by atoms with Crippen molar-refractivity contribution in [2.45, 2.75) is 19.6 Å². The molecule has 0 saturated heterocycles. The highest BCUT2D eigenvalue weighted by Crippen LogP contribution is 2.32. The van der Waals surface area contributed by atoms with E-state index in [-0.39, 0.29) is 5.75 Å². The van der Waals surface area contributed by atoms with E-state index in [1.165, 1.54) is 0 Å². The number of phenols is 1. The van der Waals surface area contributed by atoms with Gasteiger partial charge in [-0.1, -0.05) is 37.7 Å². The summed E-state index contributed by atoms with van der Waals surface area (Å²) in [5.41, 5.74) is 6.23. The highest BCUT2D eigenvalue weighted by molar-refractivity contribution is 9.11. The average Bonchev–Trinajstić information content (AvgIpc) is 2.36. The van der Waals surface area contributed by atoms with Gasteiger partial charge in [0.25, 0.3) is 0 Å². The lowest BCUT2D eigenvalue weighted by atomic mass is 10.0. The monoisotopic (exact) mass is 423 g/mol. The van der Waals surface area contributed by atoms with Crippen molar-refractivity contribution in [3.05, 3.63) is 45.1 Å². The third-order valence-corrected chi connectivity index (χ3v) is 4.53. The molecule has 1 N–H and O–H groups in total. The van der Waals surface area contributed by atoms with Gasteiger partial charge in [0, 0.05) is 11.1 Å². The van der Waals surface area contributed by atoms with Gasteiger partial charge in [-0.15, -0.1) is 5.54 Å². The molecule has 0 amide bonds. The maximum absolute atomic E-state index is 9.44. The third kappa shape index (κ3) is 4.44. The van der Waals surface area contributed by atoms with E-state index in [9.17, 15) is 5.11 Å². The van der Waals surface area contributed by atoms with E-state index in [0.29, 0.717) is 0 Å². The Morgan fingerprint density at radius 3 is 2.29 bits per heavy atom. The van der Waals surface area contributed by atoms with Crippen LogP contribution in [0.3, 0.4) is 0 Å². The molecule has 2 rings (SSSR count). The molecule has 0 radical (unpaired) electrons. The standard InChI is InChI=1S/C16H15Br2NOSi/c1-21(2,3)9-8-12-10-14(17)19-16(18)15(12)11-4-6-13(20)7-5-11/h4-7,10,20H,1-3H3. The van der Waals surface area contributed by atoms with E-state index in [4.69, 9.17) is 0 Å². The Morgan fingerprint density at radius 2 is 1.71 bits per heavy atom. The predicted octanol–water partition coefficient (Wildman–Crippen LogP) is 5.21. The van der Waals surface area contributed by atoms with E-state index in [1.54, 1.807) is 12.1 Å². The number of benzene rings is 1. The highest BCUT2D eigenvalue weighted by Gasteiger charge is 2.13. The molecule has 1 aromatic heterocycles. The molecule has 0 fully saturated rings. The van der Waals surface area contributed by atoms with Gasteiger partial charge in [-0.25, -0.2) is 4.98 Å². The summed E-state index contributed by atoms with van der Waals surface area (Å²) in [4.78, 5) is 4.39. The Balaban J connectivity index is 2.63. The lowest BCUT2D eigenvalue weighted by Gasteiger charge is -2.10. The number of rotatable bonds is 1. The highest BCUT2D eigenvalue weighted by atomic mass is 79.9. The maximum atomic E-state index is 9.44. The molecule has 108 valence electrons. The van der Waals surface area contributed by atoms with Gasteiger partial charge in [-0.05, 0) is 55.6 Å². The second kappa shape index (κ2) is 6.35. The molecule has 0 aliphatic rings. The van der Waals surface area contributed by atoms with Crippen molar-refractivity contribution >= 4 is 39.9 Å². The number of hydrogen-bond acceptors (Lipinski definition) is 2. The molecule has 2 nitrogen and oxygen atoms in total. The first kappa shape index (κ1) is 16.3. The molecule has 1 aromatic carbocycles. The van der Waals surface area contributed by atoms with Crippen LogP contribution >= 0.6 is 31.9 Å². The fraction of sp³-hybridized carbons (Fsp3) is 0.188. The Kier molecular flexibility index (Phi) is 4.92. The van der Waals surface area contributed by atoms with E-state index >= 15 is 0 Å². The molecular formula is C16H15Br2NOSi. The molecule has 5 heteroatoms. The minimum absolute atomic E-state index is 0.245. The summed E-state index contributed by atoms with van der Waals surface area (Å²) in [5, 5.41) is 9.44. The van der Waals surface area contributed by atoms with Crippen molar-refractivity contribution in [1.29, 1.82) is 0 Å². The van der Waals surface area contributed by atoms with E-state index in [0.717, 1.165) is 25.9 Å². The van der Waals surface area contributed by atoms with Crippen LogP contribution in [0.1, 0.15) is 5.56 Å². The predicted molar refractivity (Wildman–Crippen MR) is 97.0 cm³/mol. The molecule has 0 aliphatic carbocycles. The molecule has 0 spiro atoms. The van der Waals surface area contributed by atoms with Crippen LogP contribution in [0.5, 0.6) is 5.75 Å². The van der Waals surface area contributed by atoms with Gasteiger partial charge >= 0.3 is 0 Å². The van der Waals surface area contributed by atoms with E-state index < -0.39 is 8.07 Å². The lowest BCUT2D eigenvalue weighted by molar-refractivity contribution is 0.475. The number of nitrogens with zero attached hydrogens (tertiary/aromatic N) is 1. The Hall–Kier alpha value is -1.09. The van der Waals surface area contributed by atoms with Gasteiger partial charge in [-0.3, -0.25) is 0 Å². The van der Waals surface area contributed by atoms with Crippen molar-refractivity contribution < 1.29 is 5.11 Å². The Morgan fingerprint density at radius 1 is 1.10 bits per heavy atom. The zero-order chi connectivity index (χ0) is 15.6. The first-order chi connectivity index (χ1) is 9.76. The van der Waals surface area contributed by atoms with Crippen molar-refractivity contribution in [2.24, 2.45) is 0 Å². The number of hydrogen-bond donors (Lipinski definition) is 1. The molecular weight excluding hydrogens is 410 g/mol.